The van der Waals surface area contributed by atoms with Crippen LogP contribution in [0.25, 0.3) is 0 Å². The van der Waals surface area contributed by atoms with Crippen molar-refractivity contribution >= 4 is 11.8 Å². The summed E-state index contributed by atoms with van der Waals surface area (Å²) in [6.07, 6.45) is 2.55. The highest BCUT2D eigenvalue weighted by Crippen LogP contribution is 2.12. The highest BCUT2D eigenvalue weighted by molar-refractivity contribution is 7.98. The van der Waals surface area contributed by atoms with Gasteiger partial charge in [0.1, 0.15) is 0 Å². The van der Waals surface area contributed by atoms with Crippen LogP contribution in [0.3, 0.4) is 0 Å². The summed E-state index contributed by atoms with van der Waals surface area (Å²) < 4.78 is 5.38. The third-order valence-corrected chi connectivity index (χ3v) is 5.17. The molecule has 1 aliphatic rings. The highest BCUT2D eigenvalue weighted by atomic mass is 32.2. The molecular formula is C18H30N2OS. The van der Waals surface area contributed by atoms with Crippen LogP contribution in [0.2, 0.25) is 0 Å². The molecule has 1 saturated heterocycles. The molecule has 0 aliphatic carbocycles. The van der Waals surface area contributed by atoms with Gasteiger partial charge in [0.2, 0.25) is 0 Å². The van der Waals surface area contributed by atoms with Gasteiger partial charge < -0.3 is 9.64 Å². The predicted molar refractivity (Wildman–Crippen MR) is 96.6 cm³/mol. The SMILES string of the molecule is CN(CCCSCc1ccccc1)CCCN1CCOCC1. The zero-order valence-corrected chi connectivity index (χ0v) is 14.7. The monoisotopic (exact) mass is 322 g/mol. The van der Waals surface area contributed by atoms with Crippen LogP contribution in [0.15, 0.2) is 30.3 Å². The molecule has 0 N–H and O–H groups in total. The highest BCUT2D eigenvalue weighted by Gasteiger charge is 2.09. The molecule has 1 aliphatic heterocycles. The largest absolute Gasteiger partial charge is 0.379 e. The molecule has 4 heteroatoms. The van der Waals surface area contributed by atoms with Crippen molar-refractivity contribution in [1.29, 1.82) is 0 Å². The van der Waals surface area contributed by atoms with Crippen LogP contribution in [-0.4, -0.2) is 68.5 Å². The van der Waals surface area contributed by atoms with Gasteiger partial charge in [0, 0.05) is 18.8 Å². The molecule has 2 rings (SSSR count). The van der Waals surface area contributed by atoms with Gasteiger partial charge in [-0.25, -0.2) is 0 Å². The quantitative estimate of drug-likeness (QED) is 0.615. The summed E-state index contributed by atoms with van der Waals surface area (Å²) in [4.78, 5) is 5.00. The molecule has 1 aromatic rings. The fourth-order valence-electron chi connectivity index (χ4n) is 2.70. The maximum Gasteiger partial charge on any atom is 0.0594 e. The molecule has 1 fully saturated rings. The second-order valence-corrected chi connectivity index (χ2v) is 7.11. The number of hydrogen-bond acceptors (Lipinski definition) is 4. The first-order valence-corrected chi connectivity index (χ1v) is 9.60. The number of thioether (sulfide) groups is 1. The Kier molecular flexibility index (Phi) is 8.95. The third kappa shape index (κ3) is 7.63. The lowest BCUT2D eigenvalue weighted by atomic mass is 10.2. The zero-order valence-electron chi connectivity index (χ0n) is 13.9. The van der Waals surface area contributed by atoms with Crippen LogP contribution in [0.4, 0.5) is 0 Å². The van der Waals surface area contributed by atoms with E-state index in [1.54, 1.807) is 0 Å². The van der Waals surface area contributed by atoms with Crippen molar-refractivity contribution in [3.63, 3.8) is 0 Å². The Bertz CT molecular complexity index is 382. The summed E-state index contributed by atoms with van der Waals surface area (Å²) in [7, 11) is 2.25. The summed E-state index contributed by atoms with van der Waals surface area (Å²) in [5.74, 6) is 2.39. The summed E-state index contributed by atoms with van der Waals surface area (Å²) in [6, 6.07) is 10.8. The van der Waals surface area contributed by atoms with E-state index in [1.165, 1.54) is 43.8 Å². The number of nitrogens with zero attached hydrogens (tertiary/aromatic N) is 2. The lowest BCUT2D eigenvalue weighted by Gasteiger charge is -2.27. The molecule has 3 nitrogen and oxygen atoms in total. The van der Waals surface area contributed by atoms with E-state index in [4.69, 9.17) is 4.74 Å². The van der Waals surface area contributed by atoms with Gasteiger partial charge in [0.05, 0.1) is 13.2 Å². The van der Waals surface area contributed by atoms with Gasteiger partial charge in [-0.3, -0.25) is 4.90 Å². The standard InChI is InChI=1S/C18H30N2OS/c1-19(9-5-11-20-12-14-21-15-13-20)10-6-16-22-17-18-7-3-2-4-8-18/h2-4,7-8H,5-6,9-17H2,1H3. The molecule has 0 bridgehead atoms. The number of morpholine rings is 1. The first-order valence-electron chi connectivity index (χ1n) is 8.45. The number of benzene rings is 1. The van der Waals surface area contributed by atoms with E-state index in [2.05, 4.69) is 47.2 Å². The van der Waals surface area contributed by atoms with Crippen molar-refractivity contribution in [1.82, 2.24) is 9.80 Å². The van der Waals surface area contributed by atoms with E-state index in [-0.39, 0.29) is 0 Å². The number of ether oxygens (including phenoxy) is 1. The summed E-state index contributed by atoms with van der Waals surface area (Å²) in [5.41, 5.74) is 1.44. The van der Waals surface area contributed by atoms with E-state index in [0.717, 1.165) is 32.1 Å². The van der Waals surface area contributed by atoms with Crippen LogP contribution < -0.4 is 0 Å². The van der Waals surface area contributed by atoms with E-state index >= 15 is 0 Å². The average molecular weight is 323 g/mol. The normalized spacial score (nSPS) is 16.3. The van der Waals surface area contributed by atoms with E-state index in [9.17, 15) is 0 Å². The van der Waals surface area contributed by atoms with Crippen molar-refractivity contribution in [3.05, 3.63) is 35.9 Å². The van der Waals surface area contributed by atoms with E-state index in [0.29, 0.717) is 0 Å². The fourth-order valence-corrected chi connectivity index (χ4v) is 3.61. The van der Waals surface area contributed by atoms with Crippen molar-refractivity contribution < 1.29 is 4.74 Å². The summed E-state index contributed by atoms with van der Waals surface area (Å²) in [5, 5.41) is 0. The Balaban J connectivity index is 1.43. The Morgan fingerprint density at radius 3 is 2.59 bits per heavy atom. The van der Waals surface area contributed by atoms with Crippen molar-refractivity contribution in [2.45, 2.75) is 18.6 Å². The maximum absolute atomic E-state index is 5.38. The molecule has 0 radical (unpaired) electrons. The van der Waals surface area contributed by atoms with Gasteiger partial charge in [-0.15, -0.1) is 0 Å². The van der Waals surface area contributed by atoms with Crippen molar-refractivity contribution in [3.8, 4) is 0 Å². The molecule has 0 spiro atoms. The molecule has 1 aromatic carbocycles. The van der Waals surface area contributed by atoms with E-state index in [1.807, 2.05) is 11.8 Å². The average Bonchev–Trinajstić information content (AvgIpc) is 2.56. The third-order valence-electron chi connectivity index (χ3n) is 4.06. The topological polar surface area (TPSA) is 15.7 Å². The molecule has 0 atom stereocenters. The van der Waals surface area contributed by atoms with Crippen LogP contribution in [0.1, 0.15) is 18.4 Å². The number of rotatable bonds is 10. The first kappa shape index (κ1) is 17.8. The van der Waals surface area contributed by atoms with Crippen LogP contribution in [0.5, 0.6) is 0 Å². The Labute approximate surface area is 140 Å². The molecule has 0 amide bonds. The van der Waals surface area contributed by atoms with Gasteiger partial charge >= 0.3 is 0 Å². The first-order chi connectivity index (χ1) is 10.8. The van der Waals surface area contributed by atoms with Crippen molar-refractivity contribution in [2.24, 2.45) is 0 Å². The van der Waals surface area contributed by atoms with Crippen LogP contribution in [0, 0.1) is 0 Å². The molecular weight excluding hydrogens is 292 g/mol. The molecule has 0 unspecified atom stereocenters. The predicted octanol–water partition coefficient (Wildman–Crippen LogP) is 2.96. The van der Waals surface area contributed by atoms with Crippen LogP contribution in [-0.2, 0) is 10.5 Å². The summed E-state index contributed by atoms with van der Waals surface area (Å²) >= 11 is 2.05. The van der Waals surface area contributed by atoms with Gasteiger partial charge in [-0.2, -0.15) is 11.8 Å². The lowest BCUT2D eigenvalue weighted by molar-refractivity contribution is 0.0364. The molecule has 1 heterocycles. The summed E-state index contributed by atoms with van der Waals surface area (Å²) in [6.45, 7) is 7.69. The number of hydrogen-bond donors (Lipinski definition) is 0. The minimum atomic E-state index is 0.911. The van der Waals surface area contributed by atoms with Gasteiger partial charge in [0.15, 0.2) is 0 Å². The zero-order chi connectivity index (χ0) is 15.5. The minimum Gasteiger partial charge on any atom is -0.379 e. The molecule has 22 heavy (non-hydrogen) atoms. The second kappa shape index (κ2) is 11.1. The smallest absolute Gasteiger partial charge is 0.0594 e. The second-order valence-electron chi connectivity index (χ2n) is 6.00. The van der Waals surface area contributed by atoms with E-state index < -0.39 is 0 Å². The molecule has 0 aromatic heterocycles. The Morgan fingerprint density at radius 2 is 1.82 bits per heavy atom. The molecule has 124 valence electrons. The van der Waals surface area contributed by atoms with Crippen molar-refractivity contribution in [2.75, 3.05) is 58.7 Å². The fraction of sp³-hybridized carbons (Fsp3) is 0.667. The minimum absolute atomic E-state index is 0.911. The van der Waals surface area contributed by atoms with Crippen LogP contribution >= 0.6 is 11.8 Å². The van der Waals surface area contributed by atoms with Gasteiger partial charge in [-0.05, 0) is 50.8 Å². The molecule has 0 saturated carbocycles. The Morgan fingerprint density at radius 1 is 1.09 bits per heavy atom. The maximum atomic E-state index is 5.38. The van der Waals surface area contributed by atoms with Gasteiger partial charge in [0.25, 0.3) is 0 Å². The van der Waals surface area contributed by atoms with Gasteiger partial charge in [-0.1, -0.05) is 30.3 Å². The Hall–Kier alpha value is -0.550. The lowest BCUT2D eigenvalue weighted by Crippen LogP contribution is -2.38.